The predicted molar refractivity (Wildman–Crippen MR) is 98.6 cm³/mol. The van der Waals surface area contributed by atoms with E-state index in [1.54, 1.807) is 6.07 Å². The fraction of sp³-hybridized carbons (Fsp3) is 0.0556. The Balaban J connectivity index is 1.89. The first-order valence-electron chi connectivity index (χ1n) is 7.29. The van der Waals surface area contributed by atoms with Crippen molar-refractivity contribution < 1.29 is 0 Å². The summed E-state index contributed by atoms with van der Waals surface area (Å²) in [6, 6.07) is 19.1. The second-order valence-electron chi connectivity index (χ2n) is 5.11. The van der Waals surface area contributed by atoms with Gasteiger partial charge in [0.15, 0.2) is 0 Å². The molecule has 0 aliphatic heterocycles. The van der Waals surface area contributed by atoms with Crippen LogP contribution in [0.3, 0.4) is 0 Å². The summed E-state index contributed by atoms with van der Waals surface area (Å²) in [6.07, 6.45) is 0. The minimum Gasteiger partial charge on any atom is -0.339 e. The van der Waals surface area contributed by atoms with E-state index >= 15 is 0 Å². The highest BCUT2D eigenvalue weighted by Gasteiger charge is 2.07. The molecule has 0 atom stereocenters. The van der Waals surface area contributed by atoms with Gasteiger partial charge in [0.05, 0.1) is 16.9 Å². The average Bonchev–Trinajstić information content (AvgIpc) is 2.57. The van der Waals surface area contributed by atoms with Crippen LogP contribution in [0.1, 0.15) is 11.3 Å². The number of para-hydroxylation sites is 2. The molecule has 2 aromatic carbocycles. The molecule has 2 N–H and O–H groups in total. The lowest BCUT2D eigenvalue weighted by Crippen LogP contribution is -2.03. The number of anilines is 4. The van der Waals surface area contributed by atoms with Gasteiger partial charge in [0.1, 0.15) is 11.9 Å². The quantitative estimate of drug-likeness (QED) is 0.673. The van der Waals surface area contributed by atoms with Crippen molar-refractivity contribution in [3.63, 3.8) is 0 Å². The van der Waals surface area contributed by atoms with Gasteiger partial charge >= 0.3 is 0 Å². The van der Waals surface area contributed by atoms with E-state index in [1.807, 2.05) is 55.5 Å². The van der Waals surface area contributed by atoms with Gasteiger partial charge in [-0.3, -0.25) is 0 Å². The SMILES string of the molecule is Cc1cc(Nc2ccccc2Br)nc(Nc2ccccc2C#N)n1. The Morgan fingerprint density at radius 3 is 2.42 bits per heavy atom. The van der Waals surface area contributed by atoms with Crippen molar-refractivity contribution in [3.05, 3.63) is 70.3 Å². The summed E-state index contributed by atoms with van der Waals surface area (Å²) in [6.45, 7) is 1.90. The maximum Gasteiger partial charge on any atom is 0.229 e. The van der Waals surface area contributed by atoms with Crippen LogP contribution in [0.15, 0.2) is 59.1 Å². The summed E-state index contributed by atoms with van der Waals surface area (Å²) in [4.78, 5) is 8.86. The van der Waals surface area contributed by atoms with Gasteiger partial charge in [-0.25, -0.2) is 4.98 Å². The lowest BCUT2D eigenvalue weighted by Gasteiger charge is -2.11. The minimum atomic E-state index is 0.437. The molecule has 0 bridgehead atoms. The first-order valence-corrected chi connectivity index (χ1v) is 8.08. The van der Waals surface area contributed by atoms with Gasteiger partial charge in [0.25, 0.3) is 0 Å². The molecule has 0 aliphatic carbocycles. The number of aryl methyl sites for hydroxylation is 1. The van der Waals surface area contributed by atoms with Gasteiger partial charge in [-0.15, -0.1) is 0 Å². The van der Waals surface area contributed by atoms with Crippen molar-refractivity contribution in [2.75, 3.05) is 10.6 Å². The third-order valence-electron chi connectivity index (χ3n) is 3.28. The van der Waals surface area contributed by atoms with E-state index in [0.29, 0.717) is 23.0 Å². The molecule has 0 fully saturated rings. The highest BCUT2D eigenvalue weighted by atomic mass is 79.9. The fourth-order valence-electron chi connectivity index (χ4n) is 2.20. The number of aromatic nitrogens is 2. The van der Waals surface area contributed by atoms with Gasteiger partial charge in [0, 0.05) is 16.2 Å². The van der Waals surface area contributed by atoms with Crippen molar-refractivity contribution in [1.82, 2.24) is 9.97 Å². The predicted octanol–water partition coefficient (Wildman–Crippen LogP) is 4.91. The maximum atomic E-state index is 9.18. The molecule has 0 amide bonds. The topological polar surface area (TPSA) is 73.6 Å². The van der Waals surface area contributed by atoms with E-state index < -0.39 is 0 Å². The zero-order valence-electron chi connectivity index (χ0n) is 12.9. The van der Waals surface area contributed by atoms with Crippen molar-refractivity contribution in [1.29, 1.82) is 5.26 Å². The van der Waals surface area contributed by atoms with E-state index in [-0.39, 0.29) is 0 Å². The van der Waals surface area contributed by atoms with E-state index in [0.717, 1.165) is 15.9 Å². The molecule has 0 saturated carbocycles. The molecule has 1 aromatic heterocycles. The van der Waals surface area contributed by atoms with E-state index in [9.17, 15) is 5.26 Å². The summed E-state index contributed by atoms with van der Waals surface area (Å²) in [5.74, 6) is 1.11. The number of rotatable bonds is 4. The van der Waals surface area contributed by atoms with Crippen molar-refractivity contribution in [2.24, 2.45) is 0 Å². The minimum absolute atomic E-state index is 0.437. The number of nitrogens with one attached hydrogen (secondary N) is 2. The Labute approximate surface area is 148 Å². The van der Waals surface area contributed by atoms with Crippen LogP contribution in [-0.2, 0) is 0 Å². The van der Waals surface area contributed by atoms with Crippen LogP contribution >= 0.6 is 15.9 Å². The normalized spacial score (nSPS) is 10.0. The average molecular weight is 380 g/mol. The highest BCUT2D eigenvalue weighted by molar-refractivity contribution is 9.10. The fourth-order valence-corrected chi connectivity index (χ4v) is 2.58. The van der Waals surface area contributed by atoms with Crippen LogP contribution in [0, 0.1) is 18.3 Å². The molecule has 0 spiro atoms. The summed E-state index contributed by atoms with van der Waals surface area (Å²) >= 11 is 3.51. The lowest BCUT2D eigenvalue weighted by atomic mass is 10.2. The molecule has 0 saturated heterocycles. The molecule has 0 radical (unpaired) electrons. The van der Waals surface area contributed by atoms with Crippen LogP contribution in [-0.4, -0.2) is 9.97 Å². The number of halogens is 1. The lowest BCUT2D eigenvalue weighted by molar-refractivity contribution is 1.11. The van der Waals surface area contributed by atoms with Crippen LogP contribution in [0.25, 0.3) is 0 Å². The third kappa shape index (κ3) is 3.70. The molecule has 118 valence electrons. The first kappa shape index (κ1) is 16.0. The monoisotopic (exact) mass is 379 g/mol. The molecule has 3 rings (SSSR count). The summed E-state index contributed by atoms with van der Waals surface area (Å²) in [5, 5.41) is 15.6. The van der Waals surface area contributed by atoms with Gasteiger partial charge in [-0.1, -0.05) is 24.3 Å². The standard InChI is InChI=1S/C18H14BrN5/c1-12-10-17(22-16-9-5-3-7-14(16)19)24-18(21-12)23-15-8-4-2-6-13(15)11-20/h2-10H,1H3,(H2,21,22,23,24). The van der Waals surface area contributed by atoms with Crippen LogP contribution in [0.4, 0.5) is 23.1 Å². The Morgan fingerprint density at radius 1 is 0.958 bits per heavy atom. The molecular weight excluding hydrogens is 366 g/mol. The maximum absolute atomic E-state index is 9.18. The van der Waals surface area contributed by atoms with Crippen LogP contribution < -0.4 is 10.6 Å². The number of nitriles is 1. The highest BCUT2D eigenvalue weighted by Crippen LogP contribution is 2.26. The molecule has 1 heterocycles. The number of benzene rings is 2. The number of hydrogen-bond acceptors (Lipinski definition) is 5. The second kappa shape index (κ2) is 7.11. The summed E-state index contributed by atoms with van der Waals surface area (Å²) in [5.41, 5.74) is 2.95. The second-order valence-corrected chi connectivity index (χ2v) is 5.96. The van der Waals surface area contributed by atoms with Crippen molar-refractivity contribution in [2.45, 2.75) is 6.92 Å². The van der Waals surface area contributed by atoms with Gasteiger partial charge in [0.2, 0.25) is 5.95 Å². The van der Waals surface area contributed by atoms with Crippen LogP contribution in [0.5, 0.6) is 0 Å². The molecule has 0 aliphatic rings. The molecule has 3 aromatic rings. The van der Waals surface area contributed by atoms with E-state index in [1.165, 1.54) is 0 Å². The van der Waals surface area contributed by atoms with Gasteiger partial charge in [-0.05, 0) is 47.1 Å². The molecule has 0 unspecified atom stereocenters. The molecule has 6 heteroatoms. The Hall–Kier alpha value is -2.91. The van der Waals surface area contributed by atoms with Crippen molar-refractivity contribution >= 4 is 39.1 Å². The smallest absolute Gasteiger partial charge is 0.229 e. The Bertz CT molecular complexity index is 917. The zero-order chi connectivity index (χ0) is 16.9. The summed E-state index contributed by atoms with van der Waals surface area (Å²) in [7, 11) is 0. The van der Waals surface area contributed by atoms with Gasteiger partial charge < -0.3 is 10.6 Å². The molecule has 24 heavy (non-hydrogen) atoms. The van der Waals surface area contributed by atoms with E-state index in [2.05, 4.69) is 42.6 Å². The first-order chi connectivity index (χ1) is 11.7. The molecular formula is C18H14BrN5. The number of nitrogens with zero attached hydrogens (tertiary/aromatic N) is 3. The van der Waals surface area contributed by atoms with Crippen LogP contribution in [0.2, 0.25) is 0 Å². The Morgan fingerprint density at radius 2 is 1.67 bits per heavy atom. The largest absolute Gasteiger partial charge is 0.339 e. The zero-order valence-corrected chi connectivity index (χ0v) is 14.5. The van der Waals surface area contributed by atoms with Gasteiger partial charge in [-0.2, -0.15) is 10.2 Å². The molecule has 5 nitrogen and oxygen atoms in total. The van der Waals surface area contributed by atoms with E-state index in [4.69, 9.17) is 0 Å². The third-order valence-corrected chi connectivity index (χ3v) is 3.98. The Kier molecular flexibility index (Phi) is 4.73. The summed E-state index contributed by atoms with van der Waals surface area (Å²) < 4.78 is 0.950. The van der Waals surface area contributed by atoms with Crippen molar-refractivity contribution in [3.8, 4) is 6.07 Å². The number of hydrogen-bond donors (Lipinski definition) is 2.